The SMILES string of the molecule is Cc1nc2ccc3nc(NC(=O)c4cccc5ccccc45)sc3c2s1. The van der Waals surface area contributed by atoms with Crippen LogP contribution in [0.15, 0.2) is 54.6 Å². The summed E-state index contributed by atoms with van der Waals surface area (Å²) >= 11 is 3.15. The van der Waals surface area contributed by atoms with Crippen LogP contribution < -0.4 is 5.32 Å². The van der Waals surface area contributed by atoms with Crippen LogP contribution >= 0.6 is 22.7 Å². The van der Waals surface area contributed by atoms with Crippen molar-refractivity contribution in [3.8, 4) is 0 Å². The molecule has 5 rings (SSSR count). The summed E-state index contributed by atoms with van der Waals surface area (Å²) in [4.78, 5) is 21.9. The van der Waals surface area contributed by atoms with Crippen molar-refractivity contribution in [2.24, 2.45) is 0 Å². The van der Waals surface area contributed by atoms with Gasteiger partial charge in [-0.05, 0) is 35.9 Å². The highest BCUT2D eigenvalue weighted by Gasteiger charge is 2.15. The van der Waals surface area contributed by atoms with Crippen LogP contribution in [0.4, 0.5) is 5.13 Å². The molecule has 1 N–H and O–H groups in total. The zero-order valence-corrected chi connectivity index (χ0v) is 15.4. The van der Waals surface area contributed by atoms with Gasteiger partial charge in [0.1, 0.15) is 0 Å². The molecule has 0 aliphatic rings. The van der Waals surface area contributed by atoms with E-state index >= 15 is 0 Å². The second-order valence-electron chi connectivity index (χ2n) is 5.99. The number of aryl methyl sites for hydroxylation is 1. The number of nitrogens with one attached hydrogen (secondary N) is 1. The number of nitrogens with zero attached hydrogens (tertiary/aromatic N) is 2. The molecule has 3 aromatic carbocycles. The number of aromatic nitrogens is 2. The molecule has 2 heterocycles. The number of thiazole rings is 2. The van der Waals surface area contributed by atoms with E-state index in [4.69, 9.17) is 0 Å². The summed E-state index contributed by atoms with van der Waals surface area (Å²) in [6.07, 6.45) is 0. The number of amides is 1. The predicted octanol–water partition coefficient (Wildman–Crippen LogP) is 5.62. The zero-order valence-electron chi connectivity index (χ0n) is 13.8. The minimum atomic E-state index is -0.141. The average molecular weight is 375 g/mol. The molecule has 0 aliphatic heterocycles. The quantitative estimate of drug-likeness (QED) is 0.436. The molecular formula is C20H13N3OS2. The van der Waals surface area contributed by atoms with Crippen LogP contribution in [0, 0.1) is 6.92 Å². The van der Waals surface area contributed by atoms with E-state index in [0.29, 0.717) is 10.7 Å². The topological polar surface area (TPSA) is 54.9 Å². The van der Waals surface area contributed by atoms with Crippen LogP contribution in [-0.2, 0) is 0 Å². The Hall–Kier alpha value is -2.83. The molecule has 2 aromatic heterocycles. The lowest BCUT2D eigenvalue weighted by atomic mass is 10.0. The number of hydrogen-bond donors (Lipinski definition) is 1. The van der Waals surface area contributed by atoms with Crippen molar-refractivity contribution in [2.45, 2.75) is 6.92 Å². The Morgan fingerprint density at radius 2 is 1.62 bits per heavy atom. The standard InChI is InChI=1S/C20H13N3OS2/c1-11-21-15-9-10-16-18(17(15)25-11)26-20(22-16)23-19(24)14-8-4-6-12-5-2-3-7-13(12)14/h2-10H,1H3,(H,22,23,24). The lowest BCUT2D eigenvalue weighted by molar-refractivity contribution is 0.102. The summed E-state index contributed by atoms with van der Waals surface area (Å²) in [5, 5.41) is 6.59. The van der Waals surface area contributed by atoms with Crippen molar-refractivity contribution in [3.05, 3.63) is 65.2 Å². The molecule has 0 atom stereocenters. The molecule has 5 aromatic rings. The van der Waals surface area contributed by atoms with E-state index in [1.165, 1.54) is 11.3 Å². The number of carbonyl (C=O) groups is 1. The molecule has 0 unspecified atom stereocenters. The molecule has 0 saturated carbocycles. The van der Waals surface area contributed by atoms with Crippen molar-refractivity contribution in [3.63, 3.8) is 0 Å². The molecule has 0 fully saturated rings. The molecular weight excluding hydrogens is 362 g/mol. The smallest absolute Gasteiger partial charge is 0.258 e. The summed E-state index contributed by atoms with van der Waals surface area (Å²) in [7, 11) is 0. The lowest BCUT2D eigenvalue weighted by Crippen LogP contribution is -2.12. The highest BCUT2D eigenvalue weighted by molar-refractivity contribution is 7.28. The number of carbonyl (C=O) groups excluding carboxylic acids is 1. The van der Waals surface area contributed by atoms with Gasteiger partial charge in [-0.3, -0.25) is 10.1 Å². The normalized spacial score (nSPS) is 11.4. The van der Waals surface area contributed by atoms with E-state index in [2.05, 4.69) is 15.3 Å². The second kappa shape index (κ2) is 5.86. The third-order valence-corrected chi connectivity index (χ3v) is 6.41. The monoisotopic (exact) mass is 375 g/mol. The lowest BCUT2D eigenvalue weighted by Gasteiger charge is -2.05. The van der Waals surface area contributed by atoms with Gasteiger partial charge in [-0.1, -0.05) is 47.7 Å². The van der Waals surface area contributed by atoms with Gasteiger partial charge in [-0.25, -0.2) is 9.97 Å². The van der Waals surface area contributed by atoms with Crippen molar-refractivity contribution >= 4 is 64.9 Å². The van der Waals surface area contributed by atoms with Gasteiger partial charge >= 0.3 is 0 Å². The highest BCUT2D eigenvalue weighted by Crippen LogP contribution is 2.36. The molecule has 126 valence electrons. The third-order valence-electron chi connectivity index (χ3n) is 4.27. The van der Waals surface area contributed by atoms with Gasteiger partial charge in [0.25, 0.3) is 5.91 Å². The first-order valence-corrected chi connectivity index (χ1v) is 9.78. The van der Waals surface area contributed by atoms with E-state index in [0.717, 1.165) is 36.2 Å². The molecule has 0 bridgehead atoms. The number of hydrogen-bond acceptors (Lipinski definition) is 5. The van der Waals surface area contributed by atoms with Crippen LogP contribution in [0.1, 0.15) is 15.4 Å². The predicted molar refractivity (Wildman–Crippen MR) is 109 cm³/mol. The minimum Gasteiger partial charge on any atom is -0.298 e. The highest BCUT2D eigenvalue weighted by atomic mass is 32.1. The Bertz CT molecular complexity index is 1300. The maximum atomic E-state index is 12.8. The Kier molecular flexibility index (Phi) is 3.48. The van der Waals surface area contributed by atoms with Crippen molar-refractivity contribution in [1.29, 1.82) is 0 Å². The molecule has 6 heteroatoms. The van der Waals surface area contributed by atoms with E-state index in [1.54, 1.807) is 11.3 Å². The fourth-order valence-electron chi connectivity index (χ4n) is 3.13. The number of rotatable bonds is 2. The Morgan fingerprint density at radius 1 is 0.885 bits per heavy atom. The molecule has 0 spiro atoms. The summed E-state index contributed by atoms with van der Waals surface area (Å²) < 4.78 is 2.20. The van der Waals surface area contributed by atoms with E-state index < -0.39 is 0 Å². The van der Waals surface area contributed by atoms with Gasteiger partial charge in [0.15, 0.2) is 5.13 Å². The Balaban J connectivity index is 1.56. The third kappa shape index (κ3) is 2.46. The first kappa shape index (κ1) is 15.4. The Labute approximate surface area is 157 Å². The fourth-order valence-corrected chi connectivity index (χ4v) is 5.13. The van der Waals surface area contributed by atoms with Gasteiger partial charge in [-0.2, -0.15) is 0 Å². The average Bonchev–Trinajstić information content (AvgIpc) is 3.23. The molecule has 1 amide bonds. The van der Waals surface area contributed by atoms with E-state index in [1.807, 2.05) is 61.5 Å². The van der Waals surface area contributed by atoms with Crippen molar-refractivity contribution in [2.75, 3.05) is 5.32 Å². The van der Waals surface area contributed by atoms with Gasteiger partial charge in [0, 0.05) is 5.56 Å². The summed E-state index contributed by atoms with van der Waals surface area (Å²) in [5.74, 6) is -0.141. The number of anilines is 1. The second-order valence-corrected chi connectivity index (χ2v) is 8.20. The first-order chi connectivity index (χ1) is 12.7. The molecule has 0 radical (unpaired) electrons. The van der Waals surface area contributed by atoms with E-state index in [9.17, 15) is 4.79 Å². The van der Waals surface area contributed by atoms with Crippen LogP contribution in [0.2, 0.25) is 0 Å². The Morgan fingerprint density at radius 3 is 2.50 bits per heavy atom. The summed E-state index contributed by atoms with van der Waals surface area (Å²) in [5.41, 5.74) is 2.52. The molecule has 26 heavy (non-hydrogen) atoms. The van der Waals surface area contributed by atoms with Crippen molar-refractivity contribution < 1.29 is 4.79 Å². The van der Waals surface area contributed by atoms with Gasteiger partial charge in [-0.15, -0.1) is 11.3 Å². The van der Waals surface area contributed by atoms with Crippen LogP contribution in [-0.4, -0.2) is 15.9 Å². The van der Waals surface area contributed by atoms with Gasteiger partial charge in [0.05, 0.1) is 25.4 Å². The molecule has 4 nitrogen and oxygen atoms in total. The summed E-state index contributed by atoms with van der Waals surface area (Å²) in [6, 6.07) is 17.6. The molecule has 0 aliphatic carbocycles. The maximum absolute atomic E-state index is 12.8. The fraction of sp³-hybridized carbons (Fsp3) is 0.0500. The van der Waals surface area contributed by atoms with Gasteiger partial charge < -0.3 is 0 Å². The van der Waals surface area contributed by atoms with Crippen LogP contribution in [0.5, 0.6) is 0 Å². The maximum Gasteiger partial charge on any atom is 0.258 e. The van der Waals surface area contributed by atoms with E-state index in [-0.39, 0.29) is 5.91 Å². The molecule has 0 saturated heterocycles. The number of fused-ring (bicyclic) bond motifs is 4. The first-order valence-electron chi connectivity index (χ1n) is 8.15. The minimum absolute atomic E-state index is 0.141. The van der Waals surface area contributed by atoms with Crippen LogP contribution in [0.3, 0.4) is 0 Å². The zero-order chi connectivity index (χ0) is 17.7. The van der Waals surface area contributed by atoms with Crippen LogP contribution in [0.25, 0.3) is 31.2 Å². The van der Waals surface area contributed by atoms with Gasteiger partial charge in [0.2, 0.25) is 0 Å². The van der Waals surface area contributed by atoms with Crippen molar-refractivity contribution in [1.82, 2.24) is 9.97 Å². The number of benzene rings is 3. The largest absolute Gasteiger partial charge is 0.298 e. The summed E-state index contributed by atoms with van der Waals surface area (Å²) in [6.45, 7) is 2.00.